The first kappa shape index (κ1) is 18.1. The predicted octanol–water partition coefficient (Wildman–Crippen LogP) is 0.241. The molecule has 2 nitrogen and oxygen atoms in total. The van der Waals surface area contributed by atoms with Crippen molar-refractivity contribution in [3.63, 3.8) is 0 Å². The van der Waals surface area contributed by atoms with Gasteiger partial charge in [0.15, 0.2) is 0 Å². The maximum Gasteiger partial charge on any atom is 1.00 e. The van der Waals surface area contributed by atoms with Crippen LogP contribution >= 0.6 is 0 Å². The predicted molar refractivity (Wildman–Crippen MR) is 69.1 cm³/mol. The molecule has 0 heterocycles. The van der Waals surface area contributed by atoms with Gasteiger partial charge in [-0.1, -0.05) is 11.5 Å². The van der Waals surface area contributed by atoms with Gasteiger partial charge in [0.05, 0.1) is 12.9 Å². The molecular weight excluding hydrogens is 295 g/mol. The van der Waals surface area contributed by atoms with Crippen molar-refractivity contribution in [2.24, 2.45) is 0 Å². The summed E-state index contributed by atoms with van der Waals surface area (Å²) < 4.78 is 49.4. The van der Waals surface area contributed by atoms with Gasteiger partial charge in [-0.15, -0.1) is 0 Å². The van der Waals surface area contributed by atoms with Crippen molar-refractivity contribution in [3.05, 3.63) is 30.4 Å². The minimum atomic E-state index is -5.12. The third kappa shape index (κ3) is 4.80. The van der Waals surface area contributed by atoms with Crippen LogP contribution in [0.4, 0.5) is 12.9 Å². The molecular formula is C13H15BF3KO2. The van der Waals surface area contributed by atoms with Crippen LogP contribution in [0.25, 0.3) is 0 Å². The summed E-state index contributed by atoms with van der Waals surface area (Å²) >= 11 is 0. The molecule has 2 rings (SSSR count). The summed E-state index contributed by atoms with van der Waals surface area (Å²) in [5, 5.41) is 0. The molecule has 104 valence electrons. The number of ether oxygens (including phenoxy) is 2. The fourth-order valence-corrected chi connectivity index (χ4v) is 2.06. The van der Waals surface area contributed by atoms with E-state index >= 15 is 0 Å². The summed E-state index contributed by atoms with van der Waals surface area (Å²) in [4.78, 5) is 0. The SMILES string of the molecule is COc1ccc(OC2C=CCCC2)c([B-](F)(F)F)c1.[K+]. The maximum absolute atomic E-state index is 13.0. The van der Waals surface area contributed by atoms with E-state index in [0.717, 1.165) is 25.3 Å². The second-order valence-corrected chi connectivity index (χ2v) is 4.49. The Labute approximate surface area is 159 Å². The van der Waals surface area contributed by atoms with Crippen LogP contribution < -0.4 is 66.3 Å². The van der Waals surface area contributed by atoms with Crippen molar-refractivity contribution in [1.29, 1.82) is 0 Å². The van der Waals surface area contributed by atoms with Crippen LogP contribution in [0.1, 0.15) is 19.3 Å². The van der Waals surface area contributed by atoms with Crippen LogP contribution in [0, 0.1) is 0 Å². The fraction of sp³-hybridized carbons (Fsp3) is 0.385. The summed E-state index contributed by atoms with van der Waals surface area (Å²) in [5.74, 6) is 0.0607. The van der Waals surface area contributed by atoms with Crippen molar-refractivity contribution in [3.8, 4) is 11.5 Å². The van der Waals surface area contributed by atoms with Gasteiger partial charge >= 0.3 is 58.4 Å². The number of allylic oxidation sites excluding steroid dienone is 1. The molecule has 0 N–H and O–H groups in total. The van der Waals surface area contributed by atoms with Crippen LogP contribution in [0.15, 0.2) is 30.4 Å². The third-order valence-corrected chi connectivity index (χ3v) is 3.06. The molecule has 0 aliphatic heterocycles. The van der Waals surface area contributed by atoms with E-state index in [1.807, 2.05) is 12.2 Å². The Balaban J connectivity index is 0.00000200. The van der Waals surface area contributed by atoms with E-state index in [1.54, 1.807) is 0 Å². The van der Waals surface area contributed by atoms with E-state index in [0.29, 0.717) is 0 Å². The molecule has 20 heavy (non-hydrogen) atoms. The molecule has 0 amide bonds. The summed E-state index contributed by atoms with van der Waals surface area (Å²) in [7, 11) is 1.34. The number of hydrogen-bond donors (Lipinski definition) is 0. The number of hydrogen-bond acceptors (Lipinski definition) is 2. The Kier molecular flexibility index (Phi) is 7.14. The zero-order valence-electron chi connectivity index (χ0n) is 11.6. The van der Waals surface area contributed by atoms with E-state index in [9.17, 15) is 12.9 Å². The van der Waals surface area contributed by atoms with Crippen molar-refractivity contribution in [1.82, 2.24) is 0 Å². The van der Waals surface area contributed by atoms with Crippen LogP contribution in [0.5, 0.6) is 11.5 Å². The Morgan fingerprint density at radius 2 is 2.00 bits per heavy atom. The zero-order valence-corrected chi connectivity index (χ0v) is 14.7. The molecule has 1 aromatic rings. The fourth-order valence-electron chi connectivity index (χ4n) is 2.06. The van der Waals surface area contributed by atoms with Gasteiger partial charge in [0.2, 0.25) is 0 Å². The van der Waals surface area contributed by atoms with Gasteiger partial charge < -0.3 is 22.4 Å². The van der Waals surface area contributed by atoms with E-state index < -0.39 is 12.4 Å². The topological polar surface area (TPSA) is 18.5 Å². The third-order valence-electron chi connectivity index (χ3n) is 3.06. The Morgan fingerprint density at radius 3 is 2.55 bits per heavy atom. The maximum atomic E-state index is 13.0. The van der Waals surface area contributed by atoms with Crippen LogP contribution in [0.3, 0.4) is 0 Å². The molecule has 0 spiro atoms. The molecule has 0 saturated carbocycles. The summed E-state index contributed by atoms with van der Waals surface area (Å²) in [5.41, 5.74) is -0.738. The second-order valence-electron chi connectivity index (χ2n) is 4.49. The standard InChI is InChI=1S/C13H15BF3O2.K/c1-18-11-7-8-13(12(9-11)14(15,16)17)19-10-5-3-2-4-6-10;/h3,5,7-10H,2,4,6H2,1H3;/q-1;+1. The summed E-state index contributed by atoms with van der Waals surface area (Å²) in [6.45, 7) is -5.12. The first-order chi connectivity index (χ1) is 9.00. The van der Waals surface area contributed by atoms with Gasteiger partial charge in [0.1, 0.15) is 11.9 Å². The summed E-state index contributed by atoms with van der Waals surface area (Å²) in [6, 6.07) is 3.79. The number of halogens is 3. The summed E-state index contributed by atoms with van der Waals surface area (Å²) in [6.07, 6.45) is 6.12. The van der Waals surface area contributed by atoms with Crippen LogP contribution in [-0.2, 0) is 0 Å². The first-order valence-corrected chi connectivity index (χ1v) is 6.22. The quantitative estimate of drug-likeness (QED) is 0.586. The van der Waals surface area contributed by atoms with Gasteiger partial charge in [-0.25, -0.2) is 0 Å². The molecule has 0 bridgehead atoms. The first-order valence-electron chi connectivity index (χ1n) is 6.22. The Hall–Kier alpha value is 0.0513. The van der Waals surface area contributed by atoms with Crippen molar-refractivity contribution >= 4 is 12.4 Å². The average molecular weight is 310 g/mol. The Morgan fingerprint density at radius 1 is 1.25 bits per heavy atom. The van der Waals surface area contributed by atoms with E-state index in [-0.39, 0.29) is 69.0 Å². The molecule has 1 aliphatic rings. The monoisotopic (exact) mass is 310 g/mol. The van der Waals surface area contributed by atoms with Crippen molar-refractivity contribution < 1.29 is 73.8 Å². The molecule has 0 aromatic heterocycles. The van der Waals surface area contributed by atoms with E-state index in [4.69, 9.17) is 9.47 Å². The second kappa shape index (κ2) is 7.89. The van der Waals surface area contributed by atoms with Gasteiger partial charge in [-0.3, -0.25) is 0 Å². The Bertz CT molecular complexity index is 477. The van der Waals surface area contributed by atoms with E-state index in [2.05, 4.69) is 0 Å². The number of methoxy groups -OCH3 is 1. The molecule has 7 heteroatoms. The zero-order chi connectivity index (χ0) is 13.9. The van der Waals surface area contributed by atoms with Gasteiger partial charge in [-0.05, 0) is 43.5 Å². The van der Waals surface area contributed by atoms with Gasteiger partial charge in [-0.2, -0.15) is 0 Å². The van der Waals surface area contributed by atoms with Crippen molar-refractivity contribution in [2.75, 3.05) is 7.11 Å². The normalized spacial score (nSPS) is 18.3. The van der Waals surface area contributed by atoms with Crippen LogP contribution in [0.2, 0.25) is 0 Å². The molecule has 0 saturated heterocycles. The van der Waals surface area contributed by atoms with Gasteiger partial charge in [0, 0.05) is 0 Å². The molecule has 1 aromatic carbocycles. The minimum absolute atomic E-state index is 0. The minimum Gasteiger partial charge on any atom is -0.497 e. The average Bonchev–Trinajstić information content (AvgIpc) is 2.39. The number of rotatable bonds is 4. The molecule has 1 aliphatic carbocycles. The van der Waals surface area contributed by atoms with E-state index in [1.165, 1.54) is 19.2 Å². The molecule has 1 atom stereocenters. The van der Waals surface area contributed by atoms with Crippen molar-refractivity contribution in [2.45, 2.75) is 25.4 Å². The largest absolute Gasteiger partial charge is 1.00 e. The van der Waals surface area contributed by atoms with Gasteiger partial charge in [0.25, 0.3) is 0 Å². The van der Waals surface area contributed by atoms with Crippen LogP contribution in [-0.4, -0.2) is 20.2 Å². The molecule has 0 radical (unpaired) electrons. The number of benzene rings is 1. The smallest absolute Gasteiger partial charge is 0.497 e. The molecule has 0 fully saturated rings. The molecule has 1 unspecified atom stereocenters.